The highest BCUT2D eigenvalue weighted by atomic mass is 127. The Kier molecular flexibility index (Phi) is 11.1. The van der Waals surface area contributed by atoms with E-state index >= 15 is 0 Å². The summed E-state index contributed by atoms with van der Waals surface area (Å²) in [7, 11) is 1.77. The van der Waals surface area contributed by atoms with Gasteiger partial charge in [-0.25, -0.2) is 4.98 Å². The lowest BCUT2D eigenvalue weighted by molar-refractivity contribution is 0.222. The Morgan fingerprint density at radius 2 is 2.12 bits per heavy atom. The molecule has 1 atom stereocenters. The van der Waals surface area contributed by atoms with Gasteiger partial charge in [0.2, 0.25) is 0 Å². The molecule has 8 heteroatoms. The van der Waals surface area contributed by atoms with Gasteiger partial charge in [-0.2, -0.15) is 0 Å². The molecule has 0 saturated carbocycles. The highest BCUT2D eigenvalue weighted by Gasteiger charge is 2.08. The quantitative estimate of drug-likeness (QED) is 0.292. The van der Waals surface area contributed by atoms with Gasteiger partial charge in [-0.15, -0.1) is 35.3 Å². The van der Waals surface area contributed by atoms with E-state index in [0.717, 1.165) is 40.6 Å². The fraction of sp³-hybridized carbons (Fsp3) is 0.444. The Labute approximate surface area is 185 Å². The Bertz CT molecular complexity index is 695. The van der Waals surface area contributed by atoms with Crippen molar-refractivity contribution in [1.29, 1.82) is 0 Å². The molecule has 0 aliphatic carbocycles. The summed E-state index contributed by atoms with van der Waals surface area (Å²) in [6.45, 7) is 5.65. The number of thiazole rings is 1. The van der Waals surface area contributed by atoms with Crippen LogP contribution in [0.15, 0.2) is 39.9 Å². The number of aryl methyl sites for hydroxylation is 1. The Balaban J connectivity index is 0.00000338. The third-order valence-electron chi connectivity index (χ3n) is 3.53. The predicted molar refractivity (Wildman–Crippen MR) is 124 cm³/mol. The maximum Gasteiger partial charge on any atom is 0.191 e. The lowest BCUT2D eigenvalue weighted by Gasteiger charge is -2.18. The van der Waals surface area contributed by atoms with Gasteiger partial charge in [0, 0.05) is 31.1 Å². The van der Waals surface area contributed by atoms with Gasteiger partial charge in [-0.1, -0.05) is 19.1 Å². The van der Waals surface area contributed by atoms with E-state index in [9.17, 15) is 0 Å². The largest absolute Gasteiger partial charge is 0.488 e. The molecule has 0 radical (unpaired) electrons. The zero-order valence-electron chi connectivity index (χ0n) is 15.3. The van der Waals surface area contributed by atoms with Crippen LogP contribution in [0.5, 0.6) is 5.75 Å². The molecule has 0 saturated heterocycles. The van der Waals surface area contributed by atoms with Gasteiger partial charge in [0.1, 0.15) is 11.9 Å². The van der Waals surface area contributed by atoms with Crippen LogP contribution in [0.1, 0.15) is 23.7 Å². The molecule has 1 heterocycles. The summed E-state index contributed by atoms with van der Waals surface area (Å²) in [5.41, 5.74) is 0. The SMILES string of the molecule is CCc1cnc(CCNC(=NC)NCC(C)Oc2ccccc2Br)s1.I. The summed E-state index contributed by atoms with van der Waals surface area (Å²) in [4.78, 5) is 10.0. The van der Waals surface area contributed by atoms with Crippen molar-refractivity contribution in [2.45, 2.75) is 32.8 Å². The number of nitrogens with one attached hydrogen (secondary N) is 2. The molecule has 0 aliphatic rings. The molecular weight excluding hydrogens is 527 g/mol. The van der Waals surface area contributed by atoms with Gasteiger partial charge < -0.3 is 15.4 Å². The number of hydrogen-bond acceptors (Lipinski definition) is 4. The van der Waals surface area contributed by atoms with E-state index in [2.05, 4.69) is 43.5 Å². The third kappa shape index (κ3) is 7.79. The van der Waals surface area contributed by atoms with Gasteiger partial charge in [-0.3, -0.25) is 4.99 Å². The van der Waals surface area contributed by atoms with E-state index in [-0.39, 0.29) is 30.1 Å². The summed E-state index contributed by atoms with van der Waals surface area (Å²) >= 11 is 5.27. The fourth-order valence-corrected chi connectivity index (χ4v) is 3.41. The van der Waals surface area contributed by atoms with Crippen LogP contribution in [0.3, 0.4) is 0 Å². The van der Waals surface area contributed by atoms with Crippen LogP contribution in [0.4, 0.5) is 0 Å². The number of ether oxygens (including phenoxy) is 1. The first kappa shape index (κ1) is 23.2. The molecule has 0 fully saturated rings. The van der Waals surface area contributed by atoms with E-state index in [0.29, 0.717) is 6.54 Å². The highest BCUT2D eigenvalue weighted by Crippen LogP contribution is 2.24. The van der Waals surface area contributed by atoms with Crippen molar-refractivity contribution in [3.63, 3.8) is 0 Å². The molecule has 0 aliphatic heterocycles. The van der Waals surface area contributed by atoms with Crippen LogP contribution in [-0.2, 0) is 12.8 Å². The van der Waals surface area contributed by atoms with Crippen LogP contribution < -0.4 is 15.4 Å². The molecule has 1 unspecified atom stereocenters. The maximum absolute atomic E-state index is 5.93. The molecule has 0 bridgehead atoms. The number of halogens is 2. The fourth-order valence-electron chi connectivity index (χ4n) is 2.17. The van der Waals surface area contributed by atoms with Gasteiger partial charge >= 0.3 is 0 Å². The highest BCUT2D eigenvalue weighted by molar-refractivity contribution is 14.0. The monoisotopic (exact) mass is 552 g/mol. The molecule has 2 aromatic rings. The number of aromatic nitrogens is 1. The minimum Gasteiger partial charge on any atom is -0.488 e. The maximum atomic E-state index is 5.93. The molecule has 26 heavy (non-hydrogen) atoms. The summed E-state index contributed by atoms with van der Waals surface area (Å²) < 4.78 is 6.89. The van der Waals surface area contributed by atoms with Crippen molar-refractivity contribution in [2.24, 2.45) is 4.99 Å². The normalized spacial score (nSPS) is 12.2. The number of nitrogens with zero attached hydrogens (tertiary/aromatic N) is 2. The zero-order chi connectivity index (χ0) is 18.1. The summed E-state index contributed by atoms with van der Waals surface area (Å²) in [5, 5.41) is 7.77. The summed E-state index contributed by atoms with van der Waals surface area (Å²) in [6.07, 6.45) is 3.93. The molecule has 1 aromatic heterocycles. The lowest BCUT2D eigenvalue weighted by Crippen LogP contribution is -2.42. The molecule has 0 amide bonds. The van der Waals surface area contributed by atoms with Crippen LogP contribution in [0.25, 0.3) is 0 Å². The number of hydrogen-bond donors (Lipinski definition) is 2. The number of para-hydroxylation sites is 1. The van der Waals surface area contributed by atoms with Gasteiger partial charge in [-0.05, 0) is 41.4 Å². The van der Waals surface area contributed by atoms with Gasteiger partial charge in [0.25, 0.3) is 0 Å². The number of aliphatic imine (C=N–C) groups is 1. The molecule has 2 rings (SSSR count). The van der Waals surface area contributed by atoms with Crippen molar-refractivity contribution in [3.8, 4) is 5.75 Å². The van der Waals surface area contributed by atoms with Crippen molar-refractivity contribution in [2.75, 3.05) is 20.1 Å². The van der Waals surface area contributed by atoms with Gasteiger partial charge in [0.05, 0.1) is 16.0 Å². The van der Waals surface area contributed by atoms with E-state index in [1.54, 1.807) is 18.4 Å². The van der Waals surface area contributed by atoms with Crippen LogP contribution >= 0.6 is 51.2 Å². The molecule has 1 aromatic carbocycles. The minimum atomic E-state index is 0. The lowest BCUT2D eigenvalue weighted by atomic mass is 10.3. The van der Waals surface area contributed by atoms with Crippen molar-refractivity contribution in [1.82, 2.24) is 15.6 Å². The zero-order valence-corrected chi connectivity index (χ0v) is 20.0. The van der Waals surface area contributed by atoms with Crippen LogP contribution in [0, 0.1) is 0 Å². The minimum absolute atomic E-state index is 0. The van der Waals surface area contributed by atoms with E-state index in [4.69, 9.17) is 4.74 Å². The van der Waals surface area contributed by atoms with Crippen LogP contribution in [-0.4, -0.2) is 37.2 Å². The van der Waals surface area contributed by atoms with Crippen LogP contribution in [0.2, 0.25) is 0 Å². The second-order valence-corrected chi connectivity index (χ2v) is 7.62. The first-order chi connectivity index (χ1) is 12.1. The van der Waals surface area contributed by atoms with Crippen molar-refractivity contribution in [3.05, 3.63) is 44.8 Å². The number of guanidine groups is 1. The average Bonchev–Trinajstić information content (AvgIpc) is 3.08. The Morgan fingerprint density at radius 1 is 1.35 bits per heavy atom. The molecule has 2 N–H and O–H groups in total. The number of benzene rings is 1. The molecule has 0 spiro atoms. The van der Waals surface area contributed by atoms with Crippen molar-refractivity contribution >= 4 is 57.2 Å². The van der Waals surface area contributed by atoms with E-state index in [1.165, 1.54) is 4.88 Å². The van der Waals surface area contributed by atoms with Crippen molar-refractivity contribution < 1.29 is 4.74 Å². The van der Waals surface area contributed by atoms with Gasteiger partial charge in [0.15, 0.2) is 5.96 Å². The predicted octanol–water partition coefficient (Wildman–Crippen LogP) is 4.26. The number of rotatable bonds is 8. The molecular formula is C18H26BrIN4OS. The summed E-state index contributed by atoms with van der Waals surface area (Å²) in [5.74, 6) is 1.62. The topological polar surface area (TPSA) is 58.5 Å². The van der Waals surface area contributed by atoms with E-state index < -0.39 is 0 Å². The second kappa shape index (κ2) is 12.5. The first-order valence-corrected chi connectivity index (χ1v) is 10.0. The Hall–Kier alpha value is -0.870. The molecule has 144 valence electrons. The average molecular weight is 553 g/mol. The van der Waals surface area contributed by atoms with E-state index in [1.807, 2.05) is 37.4 Å². The first-order valence-electron chi connectivity index (χ1n) is 8.41. The molecule has 5 nitrogen and oxygen atoms in total. The second-order valence-electron chi connectivity index (χ2n) is 5.56. The summed E-state index contributed by atoms with van der Waals surface area (Å²) in [6, 6.07) is 7.85. The third-order valence-corrected chi connectivity index (χ3v) is 5.38. The Morgan fingerprint density at radius 3 is 2.77 bits per heavy atom. The smallest absolute Gasteiger partial charge is 0.191 e. The standard InChI is InChI=1S/C18H25BrN4OS.HI/c1-4-14-12-22-17(25-14)9-10-21-18(20-3)23-11-13(2)24-16-8-6-5-7-15(16)19;/h5-8,12-13H,4,9-11H2,1-3H3,(H2,20,21,23);1H.